The van der Waals surface area contributed by atoms with Crippen molar-refractivity contribution in [3.05, 3.63) is 53.4 Å². The van der Waals surface area contributed by atoms with E-state index in [9.17, 15) is 4.79 Å². The fourth-order valence-electron chi connectivity index (χ4n) is 2.83. The zero-order valence-electron chi connectivity index (χ0n) is 14.6. The molecule has 0 aliphatic carbocycles. The zero-order valence-corrected chi connectivity index (χ0v) is 15.4. The maximum Gasteiger partial charge on any atom is 0.231 e. The number of hydrogen-bond acceptors (Lipinski definition) is 5. The summed E-state index contributed by atoms with van der Waals surface area (Å²) in [5.74, 6) is 1.68. The quantitative estimate of drug-likeness (QED) is 0.703. The highest BCUT2D eigenvalue weighted by Crippen LogP contribution is 2.32. The predicted octanol–water partition coefficient (Wildman–Crippen LogP) is 2.78. The molecule has 27 heavy (non-hydrogen) atoms. The van der Waals surface area contributed by atoms with Gasteiger partial charge in [-0.25, -0.2) is 4.68 Å². The van der Waals surface area contributed by atoms with Gasteiger partial charge in [-0.2, -0.15) is 10.2 Å². The number of hydrogen-bond donors (Lipinski definition) is 1. The topological polar surface area (TPSA) is 83.2 Å². The van der Waals surface area contributed by atoms with Crippen LogP contribution in [0.5, 0.6) is 11.5 Å². The molecule has 4 rings (SSSR count). The second-order valence-electron chi connectivity index (χ2n) is 6.33. The minimum absolute atomic E-state index is 0.117. The van der Waals surface area contributed by atoms with Gasteiger partial charge in [-0.1, -0.05) is 24.6 Å². The molecule has 0 saturated heterocycles. The molecular weight excluding hydrogens is 370 g/mol. The monoisotopic (exact) mass is 387 g/mol. The Bertz CT molecular complexity index is 968. The van der Waals surface area contributed by atoms with Crippen LogP contribution >= 0.6 is 11.6 Å². The lowest BCUT2D eigenvalue weighted by molar-refractivity contribution is -0.119. The van der Waals surface area contributed by atoms with E-state index < -0.39 is 0 Å². The van der Waals surface area contributed by atoms with Gasteiger partial charge in [-0.05, 0) is 17.7 Å². The minimum atomic E-state index is -0.283. The molecule has 1 aromatic carbocycles. The van der Waals surface area contributed by atoms with Crippen molar-refractivity contribution in [1.82, 2.24) is 19.6 Å². The molecule has 1 aliphatic rings. The first-order chi connectivity index (χ1) is 13.1. The van der Waals surface area contributed by atoms with E-state index in [0.717, 1.165) is 17.1 Å². The van der Waals surface area contributed by atoms with Crippen LogP contribution in [0, 0.1) is 5.92 Å². The third-order valence-electron chi connectivity index (χ3n) is 4.25. The Morgan fingerprint density at radius 1 is 1.30 bits per heavy atom. The van der Waals surface area contributed by atoms with Crippen molar-refractivity contribution in [2.24, 2.45) is 5.92 Å². The summed E-state index contributed by atoms with van der Waals surface area (Å²) >= 11 is 5.86. The summed E-state index contributed by atoms with van der Waals surface area (Å²) in [7, 11) is 0. The molecule has 1 N–H and O–H groups in total. The van der Waals surface area contributed by atoms with Crippen molar-refractivity contribution < 1.29 is 14.3 Å². The number of aromatic nitrogens is 4. The molecule has 0 fully saturated rings. The van der Waals surface area contributed by atoms with Crippen LogP contribution in [0.3, 0.4) is 0 Å². The van der Waals surface area contributed by atoms with Crippen molar-refractivity contribution >= 4 is 23.3 Å². The number of halogens is 1. The molecule has 1 unspecified atom stereocenters. The lowest BCUT2D eigenvalue weighted by atomic mass is 10.1. The summed E-state index contributed by atoms with van der Waals surface area (Å²) in [6, 6.07) is 7.50. The highest BCUT2D eigenvalue weighted by atomic mass is 35.5. The van der Waals surface area contributed by atoms with Crippen molar-refractivity contribution in [2.75, 3.05) is 12.1 Å². The largest absolute Gasteiger partial charge is 0.454 e. The number of nitrogens with zero attached hydrogens (tertiary/aromatic N) is 4. The van der Waals surface area contributed by atoms with Crippen LogP contribution in [0.4, 0.5) is 5.82 Å². The molecule has 0 radical (unpaired) electrons. The van der Waals surface area contributed by atoms with Crippen LogP contribution in [0.1, 0.15) is 12.5 Å². The van der Waals surface area contributed by atoms with Crippen LogP contribution in [-0.4, -0.2) is 32.3 Å². The Morgan fingerprint density at radius 3 is 2.96 bits per heavy atom. The molecule has 140 valence electrons. The number of ether oxygens (including phenoxy) is 2. The van der Waals surface area contributed by atoms with Gasteiger partial charge in [0.25, 0.3) is 0 Å². The van der Waals surface area contributed by atoms with E-state index in [0.29, 0.717) is 23.9 Å². The summed E-state index contributed by atoms with van der Waals surface area (Å²) in [6.45, 7) is 3.02. The van der Waals surface area contributed by atoms with Gasteiger partial charge in [0.15, 0.2) is 11.5 Å². The summed E-state index contributed by atoms with van der Waals surface area (Å²) < 4.78 is 14.1. The number of amides is 1. The summed E-state index contributed by atoms with van der Waals surface area (Å²) in [5, 5.41) is 11.9. The molecule has 3 heterocycles. The van der Waals surface area contributed by atoms with Gasteiger partial charge in [-0.3, -0.25) is 9.48 Å². The van der Waals surface area contributed by atoms with Gasteiger partial charge in [0, 0.05) is 12.3 Å². The van der Waals surface area contributed by atoms with Crippen LogP contribution in [0.15, 0.2) is 42.9 Å². The molecule has 0 spiro atoms. The molecule has 2 aromatic heterocycles. The first kappa shape index (κ1) is 17.4. The number of fused-ring (bicyclic) bond motifs is 1. The normalized spacial score (nSPS) is 13.6. The van der Waals surface area contributed by atoms with Crippen LogP contribution in [-0.2, 0) is 17.9 Å². The highest BCUT2D eigenvalue weighted by molar-refractivity contribution is 6.30. The third-order valence-corrected chi connectivity index (χ3v) is 4.44. The lowest BCUT2D eigenvalue weighted by Gasteiger charge is -2.14. The molecule has 3 aromatic rings. The van der Waals surface area contributed by atoms with Gasteiger partial charge in [0.1, 0.15) is 5.82 Å². The van der Waals surface area contributed by atoms with Crippen molar-refractivity contribution in [2.45, 2.75) is 20.0 Å². The van der Waals surface area contributed by atoms with Crippen molar-refractivity contribution in [1.29, 1.82) is 0 Å². The maximum atomic E-state index is 12.5. The Labute approximate surface area is 160 Å². The Hall–Kier alpha value is -3.00. The molecule has 1 amide bonds. The number of rotatable bonds is 6. The van der Waals surface area contributed by atoms with Gasteiger partial charge in [-0.15, -0.1) is 0 Å². The Morgan fingerprint density at radius 2 is 2.15 bits per heavy atom. The van der Waals surface area contributed by atoms with E-state index in [1.54, 1.807) is 34.0 Å². The smallest absolute Gasteiger partial charge is 0.231 e. The van der Waals surface area contributed by atoms with Crippen molar-refractivity contribution in [3.63, 3.8) is 0 Å². The molecule has 0 saturated carbocycles. The molecule has 1 aliphatic heterocycles. The molecule has 1 atom stereocenters. The van der Waals surface area contributed by atoms with E-state index in [1.807, 2.05) is 25.1 Å². The van der Waals surface area contributed by atoms with Crippen molar-refractivity contribution in [3.8, 4) is 11.5 Å². The Balaban J connectivity index is 1.41. The average Bonchev–Trinajstić information content (AvgIpc) is 3.37. The van der Waals surface area contributed by atoms with Gasteiger partial charge < -0.3 is 14.8 Å². The number of carbonyl (C=O) groups is 1. The second kappa shape index (κ2) is 7.32. The maximum absolute atomic E-state index is 12.5. The minimum Gasteiger partial charge on any atom is -0.454 e. The van der Waals surface area contributed by atoms with Gasteiger partial charge in [0.2, 0.25) is 12.7 Å². The highest BCUT2D eigenvalue weighted by Gasteiger charge is 2.17. The molecule has 0 bridgehead atoms. The summed E-state index contributed by atoms with van der Waals surface area (Å²) in [6.07, 6.45) is 4.89. The van der Waals surface area contributed by atoms with E-state index in [1.165, 1.54) is 0 Å². The average molecular weight is 388 g/mol. The number of benzene rings is 1. The fourth-order valence-corrected chi connectivity index (χ4v) is 2.98. The third kappa shape index (κ3) is 3.90. The summed E-state index contributed by atoms with van der Waals surface area (Å²) in [4.78, 5) is 12.5. The number of carbonyl (C=O) groups excluding carboxylic acids is 1. The van der Waals surface area contributed by atoms with Crippen LogP contribution in [0.2, 0.25) is 5.02 Å². The van der Waals surface area contributed by atoms with E-state index in [4.69, 9.17) is 21.1 Å². The lowest BCUT2D eigenvalue weighted by Crippen LogP contribution is -2.26. The molecular formula is C18H18ClN5O3. The predicted molar refractivity (Wildman–Crippen MR) is 98.9 cm³/mol. The number of anilines is 1. The fraction of sp³-hybridized carbons (Fsp3) is 0.278. The van der Waals surface area contributed by atoms with E-state index >= 15 is 0 Å². The number of nitrogens with one attached hydrogen (secondary N) is 1. The molecule has 9 heteroatoms. The van der Waals surface area contributed by atoms with Crippen LogP contribution < -0.4 is 14.8 Å². The first-order valence-corrected chi connectivity index (χ1v) is 8.85. The van der Waals surface area contributed by atoms with Gasteiger partial charge >= 0.3 is 0 Å². The zero-order chi connectivity index (χ0) is 18.8. The van der Waals surface area contributed by atoms with Crippen LogP contribution in [0.25, 0.3) is 0 Å². The Kier molecular flexibility index (Phi) is 4.72. The first-order valence-electron chi connectivity index (χ1n) is 8.47. The van der Waals surface area contributed by atoms with E-state index in [-0.39, 0.29) is 18.6 Å². The van der Waals surface area contributed by atoms with Gasteiger partial charge in [0.05, 0.1) is 36.4 Å². The second-order valence-corrected chi connectivity index (χ2v) is 6.77. The van der Waals surface area contributed by atoms with E-state index in [2.05, 4.69) is 15.5 Å². The summed E-state index contributed by atoms with van der Waals surface area (Å²) in [5.41, 5.74) is 0.998. The molecule has 8 nitrogen and oxygen atoms in total. The SMILES string of the molecule is CC(Cn1cc(Cl)cn1)C(=O)Nc1ccnn1Cc1ccc2c(c1)OCO2. The standard InChI is InChI=1S/C18H18ClN5O3/c1-12(8-23-10-14(19)7-21-23)18(25)22-17-4-5-20-24(17)9-13-2-3-15-16(6-13)27-11-26-15/h2-7,10,12H,8-9,11H2,1H3,(H,22,25).